The topological polar surface area (TPSA) is 64.3 Å². The summed E-state index contributed by atoms with van der Waals surface area (Å²) in [7, 11) is 0. The molecule has 156 valence electrons. The van der Waals surface area contributed by atoms with Crippen LogP contribution in [0.1, 0.15) is 41.7 Å². The van der Waals surface area contributed by atoms with E-state index in [1.807, 2.05) is 6.07 Å². The summed E-state index contributed by atoms with van der Waals surface area (Å²) in [5, 5.41) is 19.7. The summed E-state index contributed by atoms with van der Waals surface area (Å²) >= 11 is 0. The maximum Gasteiger partial charge on any atom is 0.233 e. The minimum atomic E-state index is -0.820. The van der Waals surface area contributed by atoms with Crippen LogP contribution in [-0.4, -0.2) is 11.0 Å². The normalized spacial score (nSPS) is 18.9. The molecule has 3 unspecified atom stereocenters. The van der Waals surface area contributed by atoms with Crippen LogP contribution >= 0.6 is 0 Å². The minimum absolute atomic E-state index is 0.120. The number of halogens is 2. The molecule has 1 aliphatic heterocycles. The van der Waals surface area contributed by atoms with Gasteiger partial charge in [-0.05, 0) is 72.5 Å². The Kier molecular flexibility index (Phi) is 5.79. The molecule has 3 aromatic carbocycles. The van der Waals surface area contributed by atoms with Crippen LogP contribution in [0.2, 0.25) is 0 Å². The number of nitrogens with zero attached hydrogens (tertiary/aromatic N) is 2. The molecule has 0 spiro atoms. The van der Waals surface area contributed by atoms with Crippen LogP contribution in [0.5, 0.6) is 0 Å². The highest BCUT2D eigenvalue weighted by Crippen LogP contribution is 2.46. The largest absolute Gasteiger partial charge is 0.388 e. The SMILES string of the molecule is N#Cc1cccc(C2C(CCC(O)c3ccc(F)cc3)C(=O)N2c2ccc(F)cc2)c1. The molecule has 6 heteroatoms. The van der Waals surface area contributed by atoms with Crippen LogP contribution in [-0.2, 0) is 4.79 Å². The summed E-state index contributed by atoms with van der Waals surface area (Å²) in [5.74, 6) is -1.28. The van der Waals surface area contributed by atoms with Crippen molar-refractivity contribution in [2.24, 2.45) is 5.92 Å². The molecule has 1 amide bonds. The van der Waals surface area contributed by atoms with Crippen molar-refractivity contribution in [3.8, 4) is 6.07 Å². The second kappa shape index (κ2) is 8.66. The van der Waals surface area contributed by atoms with Crippen LogP contribution < -0.4 is 4.90 Å². The zero-order chi connectivity index (χ0) is 22.0. The molecular formula is C25H20F2N2O2. The molecule has 1 saturated heterocycles. The van der Waals surface area contributed by atoms with Crippen molar-refractivity contribution in [2.45, 2.75) is 25.0 Å². The predicted octanol–water partition coefficient (Wildman–Crippen LogP) is 5.05. The maximum absolute atomic E-state index is 13.4. The van der Waals surface area contributed by atoms with Gasteiger partial charge in [0, 0.05) is 5.69 Å². The van der Waals surface area contributed by atoms with Gasteiger partial charge in [-0.25, -0.2) is 8.78 Å². The zero-order valence-electron chi connectivity index (χ0n) is 16.6. The lowest BCUT2D eigenvalue weighted by Crippen LogP contribution is -2.55. The number of aliphatic hydroxyl groups is 1. The number of carbonyl (C=O) groups excluding carboxylic acids is 1. The number of rotatable bonds is 6. The molecule has 1 aliphatic rings. The Balaban J connectivity index is 1.58. The fourth-order valence-corrected chi connectivity index (χ4v) is 4.08. The average Bonchev–Trinajstić information content (AvgIpc) is 2.79. The lowest BCUT2D eigenvalue weighted by atomic mass is 9.78. The summed E-state index contributed by atoms with van der Waals surface area (Å²) in [6, 6.07) is 20.2. The lowest BCUT2D eigenvalue weighted by Gasteiger charge is -2.48. The zero-order valence-corrected chi connectivity index (χ0v) is 16.6. The van der Waals surface area contributed by atoms with E-state index in [4.69, 9.17) is 0 Å². The Morgan fingerprint density at radius 3 is 2.29 bits per heavy atom. The molecule has 0 aromatic heterocycles. The third kappa shape index (κ3) is 4.18. The molecule has 1 heterocycles. The lowest BCUT2D eigenvalue weighted by molar-refractivity contribution is -0.131. The van der Waals surface area contributed by atoms with Gasteiger partial charge >= 0.3 is 0 Å². The Morgan fingerprint density at radius 2 is 1.65 bits per heavy atom. The highest BCUT2D eigenvalue weighted by Gasteiger charge is 2.48. The molecule has 4 rings (SSSR count). The minimum Gasteiger partial charge on any atom is -0.388 e. The first-order valence-corrected chi connectivity index (χ1v) is 10.00. The molecule has 3 aromatic rings. The van der Waals surface area contributed by atoms with Crippen molar-refractivity contribution in [1.29, 1.82) is 5.26 Å². The van der Waals surface area contributed by atoms with E-state index in [0.29, 0.717) is 29.7 Å². The van der Waals surface area contributed by atoms with Crippen molar-refractivity contribution in [3.05, 3.63) is 101 Å². The summed E-state index contributed by atoms with van der Waals surface area (Å²) < 4.78 is 26.5. The summed E-state index contributed by atoms with van der Waals surface area (Å²) in [6.45, 7) is 0. The van der Waals surface area contributed by atoms with Crippen LogP contribution in [0.25, 0.3) is 0 Å². The molecule has 0 radical (unpaired) electrons. The van der Waals surface area contributed by atoms with Gasteiger partial charge in [0.2, 0.25) is 5.91 Å². The van der Waals surface area contributed by atoms with Gasteiger partial charge in [0.15, 0.2) is 0 Å². The van der Waals surface area contributed by atoms with Crippen molar-refractivity contribution in [3.63, 3.8) is 0 Å². The van der Waals surface area contributed by atoms with Gasteiger partial charge in [-0.3, -0.25) is 4.79 Å². The van der Waals surface area contributed by atoms with Gasteiger partial charge in [0.1, 0.15) is 11.6 Å². The average molecular weight is 418 g/mol. The van der Waals surface area contributed by atoms with Gasteiger partial charge < -0.3 is 10.0 Å². The molecule has 0 aliphatic carbocycles. The number of aliphatic hydroxyl groups excluding tert-OH is 1. The van der Waals surface area contributed by atoms with Crippen LogP contribution in [0, 0.1) is 28.9 Å². The molecule has 0 bridgehead atoms. The van der Waals surface area contributed by atoms with Crippen LogP contribution in [0.4, 0.5) is 14.5 Å². The Morgan fingerprint density at radius 1 is 1.00 bits per heavy atom. The molecule has 3 atom stereocenters. The standard InChI is InChI=1S/C25H20F2N2O2/c26-19-6-4-17(5-7-19)23(30)13-12-22-24(18-3-1-2-16(14-18)15-28)29(25(22)31)21-10-8-20(27)9-11-21/h1-11,14,22-24,30H,12-13H2. The third-order valence-electron chi connectivity index (χ3n) is 5.68. The molecule has 1 fully saturated rings. The number of hydrogen-bond donors (Lipinski definition) is 1. The van der Waals surface area contributed by atoms with Crippen LogP contribution in [0.15, 0.2) is 72.8 Å². The number of carbonyl (C=O) groups is 1. The number of amides is 1. The fraction of sp³-hybridized carbons (Fsp3) is 0.200. The smallest absolute Gasteiger partial charge is 0.233 e. The Hall–Kier alpha value is -3.56. The van der Waals surface area contributed by atoms with E-state index >= 15 is 0 Å². The second-order valence-corrected chi connectivity index (χ2v) is 7.62. The van der Waals surface area contributed by atoms with E-state index in [9.17, 15) is 23.9 Å². The van der Waals surface area contributed by atoms with E-state index in [-0.39, 0.29) is 17.8 Å². The van der Waals surface area contributed by atoms with E-state index in [1.165, 1.54) is 36.4 Å². The maximum atomic E-state index is 13.4. The van der Waals surface area contributed by atoms with E-state index < -0.39 is 17.8 Å². The Bertz CT molecular complexity index is 1120. The second-order valence-electron chi connectivity index (χ2n) is 7.62. The van der Waals surface area contributed by atoms with E-state index in [0.717, 1.165) is 5.56 Å². The summed E-state index contributed by atoms with van der Waals surface area (Å²) in [4.78, 5) is 14.6. The van der Waals surface area contributed by atoms with Crippen molar-refractivity contribution in [1.82, 2.24) is 0 Å². The monoisotopic (exact) mass is 418 g/mol. The summed E-state index contributed by atoms with van der Waals surface area (Å²) in [5.41, 5.74) is 2.46. The first-order valence-electron chi connectivity index (χ1n) is 10.00. The fourth-order valence-electron chi connectivity index (χ4n) is 4.08. The van der Waals surface area contributed by atoms with Gasteiger partial charge in [-0.1, -0.05) is 24.3 Å². The molecular weight excluding hydrogens is 398 g/mol. The highest BCUT2D eigenvalue weighted by molar-refractivity contribution is 6.03. The van der Waals surface area contributed by atoms with Gasteiger partial charge in [-0.15, -0.1) is 0 Å². The van der Waals surface area contributed by atoms with Gasteiger partial charge in [-0.2, -0.15) is 5.26 Å². The van der Waals surface area contributed by atoms with Crippen LogP contribution in [0.3, 0.4) is 0 Å². The Labute approximate surface area is 179 Å². The van der Waals surface area contributed by atoms with Crippen molar-refractivity contribution < 1.29 is 18.7 Å². The van der Waals surface area contributed by atoms with E-state index in [1.54, 1.807) is 35.2 Å². The molecule has 4 nitrogen and oxygen atoms in total. The van der Waals surface area contributed by atoms with Gasteiger partial charge in [0.25, 0.3) is 0 Å². The molecule has 31 heavy (non-hydrogen) atoms. The first kappa shape index (κ1) is 20.7. The predicted molar refractivity (Wildman–Crippen MR) is 112 cm³/mol. The third-order valence-corrected chi connectivity index (χ3v) is 5.68. The molecule has 0 saturated carbocycles. The number of anilines is 1. The van der Waals surface area contributed by atoms with Crippen molar-refractivity contribution >= 4 is 11.6 Å². The highest BCUT2D eigenvalue weighted by atomic mass is 19.1. The van der Waals surface area contributed by atoms with Gasteiger partial charge in [0.05, 0.1) is 29.7 Å². The number of β-lactam (4-membered cyclic amide) rings is 1. The molecule has 1 N–H and O–H groups in total. The number of hydrogen-bond acceptors (Lipinski definition) is 3. The number of nitriles is 1. The van der Waals surface area contributed by atoms with Crippen molar-refractivity contribution in [2.75, 3.05) is 4.90 Å². The van der Waals surface area contributed by atoms with E-state index in [2.05, 4.69) is 6.07 Å². The number of benzene rings is 3. The quantitative estimate of drug-likeness (QED) is 0.570. The first-order chi connectivity index (χ1) is 15.0. The summed E-state index contributed by atoms with van der Waals surface area (Å²) in [6.07, 6.45) is -0.0797.